The van der Waals surface area contributed by atoms with Crippen LogP contribution in [0.3, 0.4) is 0 Å². The number of hydrogen-bond acceptors (Lipinski definition) is 1. The van der Waals surface area contributed by atoms with Crippen molar-refractivity contribution in [2.24, 2.45) is 0 Å². The lowest BCUT2D eigenvalue weighted by atomic mass is 9.91. The molecule has 10 aromatic rings. The van der Waals surface area contributed by atoms with E-state index in [4.69, 9.17) is 0 Å². The lowest BCUT2D eigenvalue weighted by Crippen LogP contribution is -2.10. The van der Waals surface area contributed by atoms with E-state index in [1.807, 2.05) is 0 Å². The van der Waals surface area contributed by atoms with Crippen LogP contribution in [0.5, 0.6) is 0 Å². The zero-order valence-electron chi connectivity index (χ0n) is 33.8. The summed E-state index contributed by atoms with van der Waals surface area (Å²) < 4.78 is 0. The van der Waals surface area contributed by atoms with Gasteiger partial charge in [-0.05, 0) is 114 Å². The minimum Gasteiger partial charge on any atom is -0.310 e. The second-order valence-electron chi connectivity index (χ2n) is 15.3. The first kappa shape index (κ1) is 37.3. The minimum atomic E-state index is 1.08. The highest BCUT2D eigenvalue weighted by molar-refractivity contribution is 5.92. The lowest BCUT2D eigenvalue weighted by molar-refractivity contribution is 1.28. The molecule has 0 N–H and O–H groups in total. The number of rotatable bonds is 10. The van der Waals surface area contributed by atoms with Gasteiger partial charge >= 0.3 is 0 Å². The van der Waals surface area contributed by atoms with Gasteiger partial charge in [0.25, 0.3) is 0 Å². The Kier molecular flexibility index (Phi) is 10.4. The van der Waals surface area contributed by atoms with E-state index in [-0.39, 0.29) is 0 Å². The fourth-order valence-electron chi connectivity index (χ4n) is 8.39. The van der Waals surface area contributed by atoms with Crippen LogP contribution in [0, 0.1) is 0 Å². The summed E-state index contributed by atoms with van der Waals surface area (Å²) in [5, 5.41) is 0. The standard InChI is InChI=1S/C60H43N/c1-6-16-44(17-7-1)47-26-30-52(31-27-47)57-40-38-55(42-59(57)50-22-12-4-13-23-50)61(54-36-34-49(35-37-54)46-20-10-3-11-21-46)56-39-41-58(60(43-56)51-24-14-5-15-25-51)53-32-28-48(29-33-53)45-18-8-2-9-19-45/h1-43H. The molecule has 0 aliphatic rings. The van der Waals surface area contributed by atoms with Gasteiger partial charge < -0.3 is 4.90 Å². The molecule has 0 aliphatic heterocycles. The van der Waals surface area contributed by atoms with E-state index < -0.39 is 0 Å². The van der Waals surface area contributed by atoms with Crippen LogP contribution in [-0.2, 0) is 0 Å². The molecule has 0 fully saturated rings. The molecule has 0 unspecified atom stereocenters. The third-order valence-corrected chi connectivity index (χ3v) is 11.5. The van der Waals surface area contributed by atoms with Crippen LogP contribution in [-0.4, -0.2) is 0 Å². The molecular weight excluding hydrogens is 735 g/mol. The molecule has 0 saturated heterocycles. The monoisotopic (exact) mass is 777 g/mol. The van der Waals surface area contributed by atoms with Gasteiger partial charge in [0.05, 0.1) is 0 Å². The zero-order chi connectivity index (χ0) is 40.8. The number of anilines is 3. The normalized spacial score (nSPS) is 11.0. The average molecular weight is 778 g/mol. The van der Waals surface area contributed by atoms with E-state index in [1.165, 1.54) is 77.9 Å². The molecule has 0 aliphatic carbocycles. The topological polar surface area (TPSA) is 3.24 Å². The molecule has 0 radical (unpaired) electrons. The summed E-state index contributed by atoms with van der Waals surface area (Å²) in [6.45, 7) is 0. The maximum atomic E-state index is 2.40. The summed E-state index contributed by atoms with van der Waals surface area (Å²) >= 11 is 0. The summed E-state index contributed by atoms with van der Waals surface area (Å²) in [5.41, 5.74) is 19.9. The highest BCUT2D eigenvalue weighted by Gasteiger charge is 2.19. The van der Waals surface area contributed by atoms with Crippen molar-refractivity contribution in [3.63, 3.8) is 0 Å². The second kappa shape index (κ2) is 17.1. The molecule has 1 heteroatoms. The highest BCUT2D eigenvalue weighted by atomic mass is 15.1. The minimum absolute atomic E-state index is 1.08. The molecule has 0 atom stereocenters. The van der Waals surface area contributed by atoms with Crippen molar-refractivity contribution in [1.82, 2.24) is 0 Å². The molecule has 288 valence electrons. The van der Waals surface area contributed by atoms with Crippen molar-refractivity contribution < 1.29 is 0 Å². The van der Waals surface area contributed by atoms with E-state index in [9.17, 15) is 0 Å². The van der Waals surface area contributed by atoms with Crippen molar-refractivity contribution in [3.05, 3.63) is 261 Å². The Labute approximate surface area is 359 Å². The molecule has 0 saturated carbocycles. The van der Waals surface area contributed by atoms with E-state index in [0.717, 1.165) is 17.1 Å². The van der Waals surface area contributed by atoms with E-state index >= 15 is 0 Å². The van der Waals surface area contributed by atoms with Gasteiger partial charge in [-0.15, -0.1) is 0 Å². The molecule has 0 aromatic heterocycles. The van der Waals surface area contributed by atoms with Crippen LogP contribution >= 0.6 is 0 Å². The predicted molar refractivity (Wildman–Crippen MR) is 259 cm³/mol. The van der Waals surface area contributed by atoms with Crippen molar-refractivity contribution in [2.75, 3.05) is 4.90 Å². The number of nitrogens with zero attached hydrogens (tertiary/aromatic N) is 1. The first-order chi connectivity index (χ1) is 30.2. The van der Waals surface area contributed by atoms with Crippen LogP contribution < -0.4 is 4.90 Å². The summed E-state index contributed by atoms with van der Waals surface area (Å²) in [5.74, 6) is 0. The first-order valence-corrected chi connectivity index (χ1v) is 20.9. The Hall–Kier alpha value is -8.00. The zero-order valence-corrected chi connectivity index (χ0v) is 33.8. The predicted octanol–water partition coefficient (Wildman–Crippen LogP) is 16.8. The Bertz CT molecular complexity index is 2830. The molecule has 0 bridgehead atoms. The van der Waals surface area contributed by atoms with Crippen LogP contribution in [0.2, 0.25) is 0 Å². The molecule has 0 spiro atoms. The van der Waals surface area contributed by atoms with Gasteiger partial charge in [-0.2, -0.15) is 0 Å². The van der Waals surface area contributed by atoms with Gasteiger partial charge in [-0.1, -0.05) is 224 Å². The van der Waals surface area contributed by atoms with Crippen LogP contribution in [0.15, 0.2) is 261 Å². The Morgan fingerprint density at radius 2 is 0.393 bits per heavy atom. The van der Waals surface area contributed by atoms with Crippen LogP contribution in [0.25, 0.3) is 77.9 Å². The van der Waals surface area contributed by atoms with E-state index in [1.54, 1.807) is 0 Å². The SMILES string of the molecule is c1ccc(-c2ccc(-c3ccc(N(c4ccc(-c5ccccc5)cc4)c4ccc(-c5ccc(-c6ccccc6)cc5)c(-c5ccccc5)c4)cc3-c3ccccc3)cc2)cc1. The maximum Gasteiger partial charge on any atom is 0.0468 e. The summed E-state index contributed by atoms with van der Waals surface area (Å²) in [4.78, 5) is 2.40. The van der Waals surface area contributed by atoms with Gasteiger partial charge in [-0.3, -0.25) is 0 Å². The Morgan fingerprint density at radius 3 is 0.721 bits per heavy atom. The van der Waals surface area contributed by atoms with Crippen molar-refractivity contribution in [3.8, 4) is 77.9 Å². The molecule has 0 heterocycles. The van der Waals surface area contributed by atoms with Gasteiger partial charge in [0.1, 0.15) is 0 Å². The number of hydrogen-bond donors (Lipinski definition) is 0. The smallest absolute Gasteiger partial charge is 0.0468 e. The van der Waals surface area contributed by atoms with Gasteiger partial charge in [-0.25, -0.2) is 0 Å². The third kappa shape index (κ3) is 7.93. The maximum absolute atomic E-state index is 2.40. The molecular formula is C60H43N. The van der Waals surface area contributed by atoms with Gasteiger partial charge in [0.2, 0.25) is 0 Å². The first-order valence-electron chi connectivity index (χ1n) is 20.9. The summed E-state index contributed by atoms with van der Waals surface area (Å²) in [7, 11) is 0. The fraction of sp³-hybridized carbons (Fsp3) is 0. The summed E-state index contributed by atoms with van der Waals surface area (Å²) in [6.07, 6.45) is 0. The van der Waals surface area contributed by atoms with E-state index in [2.05, 4.69) is 266 Å². The quantitative estimate of drug-likeness (QED) is 0.134. The highest BCUT2D eigenvalue weighted by Crippen LogP contribution is 2.44. The molecule has 0 amide bonds. The van der Waals surface area contributed by atoms with E-state index in [0.29, 0.717) is 0 Å². The van der Waals surface area contributed by atoms with Crippen molar-refractivity contribution in [1.29, 1.82) is 0 Å². The molecule has 10 aromatic carbocycles. The number of benzene rings is 10. The average Bonchev–Trinajstić information content (AvgIpc) is 3.36. The van der Waals surface area contributed by atoms with Gasteiger partial charge in [0.15, 0.2) is 0 Å². The largest absolute Gasteiger partial charge is 0.310 e. The Balaban J connectivity index is 1.12. The fourth-order valence-corrected chi connectivity index (χ4v) is 8.39. The van der Waals surface area contributed by atoms with Crippen LogP contribution in [0.1, 0.15) is 0 Å². The van der Waals surface area contributed by atoms with Crippen LogP contribution in [0.4, 0.5) is 17.1 Å². The Morgan fingerprint density at radius 1 is 0.164 bits per heavy atom. The van der Waals surface area contributed by atoms with Crippen molar-refractivity contribution in [2.45, 2.75) is 0 Å². The van der Waals surface area contributed by atoms with Crippen molar-refractivity contribution >= 4 is 17.1 Å². The van der Waals surface area contributed by atoms with Gasteiger partial charge in [0, 0.05) is 17.1 Å². The molecule has 10 rings (SSSR count). The molecule has 1 nitrogen and oxygen atoms in total. The second-order valence-corrected chi connectivity index (χ2v) is 15.3. The third-order valence-electron chi connectivity index (χ3n) is 11.5. The summed E-state index contributed by atoms with van der Waals surface area (Å²) in [6, 6.07) is 94.0. The lowest BCUT2D eigenvalue weighted by Gasteiger charge is -2.28. The molecule has 61 heavy (non-hydrogen) atoms.